The van der Waals surface area contributed by atoms with E-state index in [-0.39, 0.29) is 0 Å². The Kier molecular flexibility index (Phi) is 0.753. The van der Waals surface area contributed by atoms with Crippen LogP contribution in [0.15, 0.2) is 0 Å². The van der Waals surface area contributed by atoms with Gasteiger partial charge in [-0.2, -0.15) is 0 Å². The third-order valence-electron chi connectivity index (χ3n) is 0. The summed E-state index contributed by atoms with van der Waals surface area (Å²) >= 11 is 0. The molecule has 0 fully saturated rings. The second-order valence-electron chi connectivity index (χ2n) is 1.35. The van der Waals surface area contributed by atoms with Gasteiger partial charge in [0.2, 0.25) is 19.1 Å². The molecule has 0 aliphatic carbocycles. The van der Waals surface area contributed by atoms with Crippen molar-refractivity contribution in [2.24, 2.45) is 0 Å². The summed E-state index contributed by atoms with van der Waals surface area (Å²) in [5.41, 5.74) is 0. The Bertz CT molecular complexity index is 66.6. The molecule has 0 heterocycles. The van der Waals surface area contributed by atoms with Crippen LogP contribution in [0.1, 0.15) is 0 Å². The monoisotopic (exact) mass is 158 g/mol. The summed E-state index contributed by atoms with van der Waals surface area (Å²) in [6.07, 6.45) is 0. The predicted molar refractivity (Wildman–Crippen MR) is 23.1 cm³/mol. The van der Waals surface area contributed by atoms with Crippen LogP contribution in [-0.2, 0) is 0 Å². The van der Waals surface area contributed by atoms with Gasteiger partial charge in [0, 0.05) is 0 Å². The summed E-state index contributed by atoms with van der Waals surface area (Å²) in [5, 5.41) is 0. The Balaban J connectivity index is 4.43. The minimum absolute atomic E-state index is 1.99. The molecule has 0 saturated carbocycles. The van der Waals surface area contributed by atoms with Crippen LogP contribution in [0.4, 0.5) is 19.4 Å². The van der Waals surface area contributed by atoms with Crippen molar-refractivity contribution in [3.63, 3.8) is 0 Å². The molecule has 0 amide bonds. The first-order chi connectivity index (χ1) is 2.45. The van der Waals surface area contributed by atoms with E-state index in [1.807, 2.05) is 0 Å². The van der Waals surface area contributed by atoms with Gasteiger partial charge in [-0.05, 0) is 0 Å². The van der Waals surface area contributed by atoms with Crippen molar-refractivity contribution in [1.82, 2.24) is 0 Å². The summed E-state index contributed by atoms with van der Waals surface area (Å²) in [6.45, 7) is 0. The maximum Gasteiger partial charge on any atom is 0.246 e. The van der Waals surface area contributed by atoms with Gasteiger partial charge in [-0.3, -0.25) is 0 Å². The van der Waals surface area contributed by atoms with Crippen molar-refractivity contribution < 1.29 is 19.4 Å². The molecule has 0 aliphatic heterocycles. The smallest absolute Gasteiger partial charge is 0.106 e. The molecule has 0 aromatic heterocycles. The van der Waals surface area contributed by atoms with Crippen molar-refractivity contribution in [3.8, 4) is 0 Å². The van der Waals surface area contributed by atoms with Crippen LogP contribution in [0, 0.1) is 0 Å². The van der Waals surface area contributed by atoms with Gasteiger partial charge in [-0.1, -0.05) is 0 Å². The van der Waals surface area contributed by atoms with Crippen LogP contribution >= 0.6 is 9.67 Å². The Morgan fingerprint density at radius 1 is 0.857 bits per heavy atom. The molecule has 0 rings (SSSR count). The van der Waals surface area contributed by atoms with Gasteiger partial charge in [0.05, 0.1) is 0 Å². The van der Waals surface area contributed by atoms with Crippen molar-refractivity contribution in [3.05, 3.63) is 0 Å². The van der Waals surface area contributed by atoms with Crippen molar-refractivity contribution in [2.75, 3.05) is 0 Å². The van der Waals surface area contributed by atoms with E-state index in [2.05, 4.69) is 0 Å². The maximum absolute atomic E-state index is 10.6. The lowest BCUT2D eigenvalue weighted by atomic mass is 18.6. The summed E-state index contributed by atoms with van der Waals surface area (Å²) in [7, 11) is -10.8. The van der Waals surface area contributed by atoms with E-state index in [1.165, 1.54) is 0 Å². The van der Waals surface area contributed by atoms with E-state index in [1.54, 1.807) is 0 Å². The normalized spacial score (nSPS) is 23.6. The fourth-order valence-electron chi connectivity index (χ4n) is 0. The van der Waals surface area contributed by atoms with E-state index >= 15 is 0 Å². The Hall–Kier alpha value is 0.217. The van der Waals surface area contributed by atoms with Gasteiger partial charge in [-0.25, -0.2) is 0 Å². The molecule has 0 atom stereocenters. The average Bonchev–Trinajstić information content (AvgIpc) is 0.592. The highest BCUT2D eigenvalue weighted by Crippen LogP contribution is 2.94. The molecule has 0 spiro atoms. The summed E-state index contributed by atoms with van der Waals surface area (Å²) in [4.78, 5) is 0. The Labute approximate surface area is 39.5 Å². The average molecular weight is 158 g/mol. The van der Waals surface area contributed by atoms with Crippen molar-refractivity contribution in [2.45, 2.75) is 0 Å². The van der Waals surface area contributed by atoms with Crippen molar-refractivity contribution >= 4 is 19.1 Å². The molecule has 48 valence electrons. The summed E-state index contributed by atoms with van der Waals surface area (Å²) in [6, 6.07) is 0. The lowest BCUT2D eigenvalue weighted by Crippen LogP contribution is -2.01. The molecule has 0 bridgehead atoms. The molecule has 0 saturated heterocycles. The molecule has 0 aromatic carbocycles. The highest BCUT2D eigenvalue weighted by Gasteiger charge is 2.55. The molecular weight excluding hydrogens is 155 g/mol. The largest absolute Gasteiger partial charge is 0.246 e. The second-order valence-corrected chi connectivity index (χ2v) is 8.69. The number of hydrogen-bond acceptors (Lipinski definition) is 0. The lowest BCUT2D eigenvalue weighted by molar-refractivity contribution is 0.399. The molecule has 0 radical (unpaired) electrons. The van der Waals surface area contributed by atoms with Crippen LogP contribution in [0.3, 0.4) is 0 Å². The van der Waals surface area contributed by atoms with E-state index in [9.17, 15) is 19.4 Å². The third kappa shape index (κ3) is 2350. The quantitative estimate of drug-likeness (QED) is 0.371. The van der Waals surface area contributed by atoms with Crippen LogP contribution < -0.4 is 0 Å². The lowest BCUT2D eigenvalue weighted by Gasteiger charge is -2.36. The first kappa shape index (κ1) is 7.22. The third-order valence-corrected chi connectivity index (χ3v) is 0. The van der Waals surface area contributed by atoms with Crippen LogP contribution in [0.2, 0.25) is 0 Å². The topological polar surface area (TPSA) is 0 Å². The minimum atomic E-state index is -8.83. The fraction of sp³-hybridized carbons (Fsp3) is 0. The molecule has 7 heavy (non-hydrogen) atoms. The maximum atomic E-state index is 10.6. The zero-order chi connectivity index (χ0) is 6.41. The summed E-state index contributed by atoms with van der Waals surface area (Å²) < 4.78 is 52.9. The van der Waals surface area contributed by atoms with E-state index < -0.39 is 19.1 Å². The number of hydrogen-bond donors (Lipinski definition) is 0. The summed E-state index contributed by atoms with van der Waals surface area (Å²) in [5.74, 6) is 0. The molecule has 0 aliphatic rings. The SMILES string of the molecule is FS(F)(F)(F)(F)[SiH3]. The van der Waals surface area contributed by atoms with Crippen LogP contribution in [-0.4, -0.2) is 9.39 Å². The zero-order valence-corrected chi connectivity index (χ0v) is 6.11. The first-order valence-corrected chi connectivity index (χ1v) is 5.99. The van der Waals surface area contributed by atoms with Gasteiger partial charge in [0.25, 0.3) is 0 Å². The molecule has 0 N–H and O–H groups in total. The zero-order valence-electron chi connectivity index (χ0n) is 3.30. The highest BCUT2D eigenvalue weighted by atomic mass is 32.7. The molecular formula is H3F5SSi. The van der Waals surface area contributed by atoms with Gasteiger partial charge in [0.15, 0.2) is 0 Å². The van der Waals surface area contributed by atoms with Crippen LogP contribution in [0.25, 0.3) is 0 Å². The Morgan fingerprint density at radius 2 is 0.857 bits per heavy atom. The number of halogens is 5. The van der Waals surface area contributed by atoms with Gasteiger partial charge < -0.3 is 0 Å². The minimum Gasteiger partial charge on any atom is -0.106 e. The van der Waals surface area contributed by atoms with E-state index in [0.29, 0.717) is 0 Å². The first-order valence-electron chi connectivity index (χ1n) is 1.18. The van der Waals surface area contributed by atoms with E-state index in [0.717, 1.165) is 0 Å². The molecule has 0 nitrogen and oxygen atoms in total. The van der Waals surface area contributed by atoms with E-state index in [4.69, 9.17) is 0 Å². The van der Waals surface area contributed by atoms with Crippen molar-refractivity contribution in [1.29, 1.82) is 0 Å². The van der Waals surface area contributed by atoms with Gasteiger partial charge >= 0.3 is 0 Å². The number of rotatable bonds is 0. The Morgan fingerprint density at radius 3 is 0.857 bits per heavy atom. The molecule has 0 aromatic rings. The molecule has 7 heteroatoms. The van der Waals surface area contributed by atoms with Gasteiger partial charge in [-0.15, -0.1) is 19.4 Å². The highest BCUT2D eigenvalue weighted by molar-refractivity contribution is 8.61. The van der Waals surface area contributed by atoms with Crippen LogP contribution in [0.5, 0.6) is 0 Å². The predicted octanol–water partition coefficient (Wildman–Crippen LogP) is 1.57. The molecule has 0 unspecified atom stereocenters. The fourth-order valence-corrected chi connectivity index (χ4v) is 0. The van der Waals surface area contributed by atoms with Gasteiger partial charge in [0.1, 0.15) is 0 Å². The standard InChI is InChI=1S/F5H3SSi/c1-6(2,3,4,5)7/h7H3. The second kappa shape index (κ2) is 0.731.